The quantitative estimate of drug-likeness (QED) is 0.262. The highest BCUT2D eigenvalue weighted by Gasteiger charge is 2.52. The molecule has 32 heavy (non-hydrogen) atoms. The fraction of sp³-hybridized carbons (Fsp3) is 0.391. The van der Waals surface area contributed by atoms with Crippen molar-refractivity contribution >= 4 is 11.9 Å². The smallest absolute Gasteiger partial charge is 0.324 e. The first kappa shape index (κ1) is 21.6. The van der Waals surface area contributed by atoms with Gasteiger partial charge < -0.3 is 14.7 Å². The number of ether oxygens (including phenoxy) is 2. The Morgan fingerprint density at radius 1 is 1.16 bits per heavy atom. The first-order valence-electron chi connectivity index (χ1n) is 10.4. The number of aromatic nitrogens is 4. The number of cyclic esters (lactones) is 2. The van der Waals surface area contributed by atoms with Crippen LogP contribution in [0, 0.1) is 25.0 Å². The monoisotopic (exact) mass is 438 g/mol. The second-order valence-electron chi connectivity index (χ2n) is 8.54. The van der Waals surface area contributed by atoms with Crippen molar-refractivity contribution in [2.45, 2.75) is 45.9 Å². The summed E-state index contributed by atoms with van der Waals surface area (Å²) < 4.78 is 15.0. The lowest BCUT2D eigenvalue weighted by molar-refractivity contribution is -0.621. The maximum atomic E-state index is 13.4. The standard InChI is InChI=1S/C23H26N4O5/c1-14-15(2)27(30)20(26(14)12-16-9-7-6-8-10-16)18(17-11-24-25(5)13-17)19-21(28)31-23(3,4)32-22(19)29/h6-11,13,18-19H,12H2,1-5H3. The maximum Gasteiger partial charge on any atom is 0.324 e. The molecule has 3 heterocycles. The third-order valence-corrected chi connectivity index (χ3v) is 5.80. The Hall–Kier alpha value is -3.62. The van der Waals surface area contributed by atoms with Crippen LogP contribution < -0.4 is 4.73 Å². The van der Waals surface area contributed by atoms with Crippen LogP contribution in [0.1, 0.15) is 48.1 Å². The van der Waals surface area contributed by atoms with Crippen LogP contribution in [0.25, 0.3) is 0 Å². The molecule has 0 bridgehead atoms. The Kier molecular flexibility index (Phi) is 5.28. The molecule has 0 amide bonds. The number of benzene rings is 1. The largest absolute Gasteiger partial charge is 0.711 e. The third-order valence-electron chi connectivity index (χ3n) is 5.80. The molecule has 4 rings (SSSR count). The number of rotatable bonds is 5. The average molecular weight is 438 g/mol. The van der Waals surface area contributed by atoms with E-state index in [9.17, 15) is 14.8 Å². The van der Waals surface area contributed by atoms with Crippen LogP contribution in [0.2, 0.25) is 0 Å². The van der Waals surface area contributed by atoms with E-state index in [1.54, 1.807) is 31.0 Å². The van der Waals surface area contributed by atoms with Crippen LogP contribution in [-0.4, -0.2) is 32.1 Å². The first-order valence-corrected chi connectivity index (χ1v) is 10.4. The molecule has 168 valence electrons. The lowest BCUT2D eigenvalue weighted by atomic mass is 9.85. The minimum atomic E-state index is -1.37. The molecule has 1 unspecified atom stereocenters. The topological polar surface area (TPSA) is 102 Å². The normalized spacial score (nSPS) is 17.2. The number of hydrogen-bond acceptors (Lipinski definition) is 6. The van der Waals surface area contributed by atoms with Gasteiger partial charge in [0, 0.05) is 46.5 Å². The molecule has 3 aromatic rings. The molecule has 0 spiro atoms. The van der Waals surface area contributed by atoms with E-state index < -0.39 is 29.6 Å². The molecule has 0 aliphatic carbocycles. The van der Waals surface area contributed by atoms with E-state index in [2.05, 4.69) is 5.10 Å². The number of nitrogens with zero attached hydrogens (tertiary/aromatic N) is 4. The molecular formula is C23H26N4O5. The SMILES string of the molecule is Cc1c(C)[n+]([O-])c(C(c2cnn(C)c2)C2C(=O)OC(C)(C)OC2=O)n1Cc1ccccc1. The highest BCUT2D eigenvalue weighted by molar-refractivity contribution is 5.98. The van der Waals surface area contributed by atoms with Gasteiger partial charge in [0.25, 0.3) is 11.6 Å². The van der Waals surface area contributed by atoms with Crippen LogP contribution in [0.3, 0.4) is 0 Å². The predicted octanol–water partition coefficient (Wildman–Crippen LogP) is 2.10. The van der Waals surface area contributed by atoms with Gasteiger partial charge in [-0.2, -0.15) is 5.10 Å². The molecule has 0 N–H and O–H groups in total. The number of carbonyl (C=O) groups excluding carboxylic acids is 2. The van der Waals surface area contributed by atoms with E-state index in [0.29, 0.717) is 17.8 Å². The summed E-state index contributed by atoms with van der Waals surface area (Å²) in [5, 5.41) is 17.6. The summed E-state index contributed by atoms with van der Waals surface area (Å²) in [7, 11) is 1.73. The zero-order chi connectivity index (χ0) is 23.2. The van der Waals surface area contributed by atoms with Crippen molar-refractivity contribution in [1.82, 2.24) is 14.3 Å². The maximum absolute atomic E-state index is 13.4. The highest BCUT2D eigenvalue weighted by atomic mass is 16.7. The first-order chi connectivity index (χ1) is 15.1. The molecule has 0 radical (unpaired) electrons. The zero-order valence-corrected chi connectivity index (χ0v) is 18.7. The van der Waals surface area contributed by atoms with Crippen LogP contribution in [-0.2, 0) is 32.7 Å². The molecule has 9 nitrogen and oxygen atoms in total. The summed E-state index contributed by atoms with van der Waals surface area (Å²) >= 11 is 0. The van der Waals surface area contributed by atoms with Crippen molar-refractivity contribution < 1.29 is 23.8 Å². The van der Waals surface area contributed by atoms with Gasteiger partial charge in [-0.05, 0) is 5.56 Å². The second-order valence-corrected chi connectivity index (χ2v) is 8.54. The summed E-state index contributed by atoms with van der Waals surface area (Å²) in [6.07, 6.45) is 3.24. The van der Waals surface area contributed by atoms with Crippen molar-refractivity contribution in [3.63, 3.8) is 0 Å². The van der Waals surface area contributed by atoms with Crippen molar-refractivity contribution in [1.29, 1.82) is 0 Å². The van der Waals surface area contributed by atoms with Crippen molar-refractivity contribution in [2.75, 3.05) is 0 Å². The van der Waals surface area contributed by atoms with Crippen LogP contribution in [0.5, 0.6) is 0 Å². The lowest BCUT2D eigenvalue weighted by Crippen LogP contribution is -2.50. The summed E-state index contributed by atoms with van der Waals surface area (Å²) in [6.45, 7) is 6.96. The van der Waals surface area contributed by atoms with Gasteiger partial charge in [-0.15, -0.1) is 0 Å². The van der Waals surface area contributed by atoms with Crippen molar-refractivity contribution in [2.24, 2.45) is 13.0 Å². The summed E-state index contributed by atoms with van der Waals surface area (Å²) in [4.78, 5) is 26.0. The van der Waals surface area contributed by atoms with Crippen molar-refractivity contribution in [3.05, 3.63) is 76.3 Å². The lowest BCUT2D eigenvalue weighted by Gasteiger charge is -2.35. The van der Waals surface area contributed by atoms with E-state index in [1.807, 2.05) is 41.8 Å². The van der Waals surface area contributed by atoms with Crippen LogP contribution in [0.15, 0.2) is 42.7 Å². The summed E-state index contributed by atoms with van der Waals surface area (Å²) in [5.41, 5.74) is 2.75. The van der Waals surface area contributed by atoms with Gasteiger partial charge in [-0.1, -0.05) is 30.3 Å². The molecule has 0 saturated carbocycles. The molecular weight excluding hydrogens is 412 g/mol. The number of carbonyl (C=O) groups is 2. The van der Waals surface area contributed by atoms with Gasteiger partial charge in [-0.25, -0.2) is 9.30 Å². The van der Waals surface area contributed by atoms with Crippen LogP contribution >= 0.6 is 0 Å². The molecule has 1 atom stereocenters. The third kappa shape index (κ3) is 3.74. The predicted molar refractivity (Wildman–Crippen MR) is 113 cm³/mol. The molecule has 1 aliphatic rings. The van der Waals surface area contributed by atoms with Crippen LogP contribution in [0.4, 0.5) is 0 Å². The van der Waals surface area contributed by atoms with Gasteiger partial charge in [0.15, 0.2) is 5.92 Å². The molecule has 9 heteroatoms. The number of esters is 2. The fourth-order valence-corrected chi connectivity index (χ4v) is 4.15. The fourth-order valence-electron chi connectivity index (χ4n) is 4.15. The summed E-state index contributed by atoms with van der Waals surface area (Å²) in [6, 6.07) is 9.67. The van der Waals surface area contributed by atoms with Gasteiger partial charge >= 0.3 is 11.9 Å². The van der Waals surface area contributed by atoms with Gasteiger partial charge in [-0.3, -0.25) is 14.3 Å². The minimum Gasteiger partial charge on any atom is -0.711 e. The molecule has 1 aliphatic heterocycles. The number of hydrogen-bond donors (Lipinski definition) is 0. The number of aryl methyl sites for hydroxylation is 1. The van der Waals surface area contributed by atoms with E-state index in [-0.39, 0.29) is 5.82 Å². The molecule has 1 fully saturated rings. The minimum absolute atomic E-state index is 0.260. The number of imidazole rings is 1. The molecule has 1 saturated heterocycles. The Bertz CT molecular complexity index is 1160. The van der Waals surface area contributed by atoms with E-state index >= 15 is 0 Å². The van der Waals surface area contributed by atoms with Gasteiger partial charge in [0.05, 0.1) is 6.20 Å². The average Bonchev–Trinajstić information content (AvgIpc) is 3.23. The Morgan fingerprint density at radius 3 is 2.34 bits per heavy atom. The Balaban J connectivity index is 1.90. The molecule has 2 aromatic heterocycles. The van der Waals surface area contributed by atoms with E-state index in [1.165, 1.54) is 13.8 Å². The van der Waals surface area contributed by atoms with E-state index in [4.69, 9.17) is 9.47 Å². The molecule has 1 aromatic carbocycles. The van der Waals surface area contributed by atoms with Gasteiger partial charge in [0.2, 0.25) is 0 Å². The zero-order valence-electron chi connectivity index (χ0n) is 18.7. The highest BCUT2D eigenvalue weighted by Crippen LogP contribution is 2.38. The van der Waals surface area contributed by atoms with Gasteiger partial charge in [0.1, 0.15) is 23.9 Å². The second kappa shape index (κ2) is 7.81. The van der Waals surface area contributed by atoms with E-state index in [0.717, 1.165) is 16.0 Å². The Morgan fingerprint density at radius 2 is 1.78 bits per heavy atom. The Labute approximate surface area is 185 Å². The van der Waals surface area contributed by atoms with Crippen molar-refractivity contribution in [3.8, 4) is 0 Å². The summed E-state index contributed by atoms with van der Waals surface area (Å²) in [5.74, 6) is -4.85.